The number of halogens is 2. The van der Waals surface area contributed by atoms with Crippen molar-refractivity contribution in [2.45, 2.75) is 6.92 Å². The molecule has 7 heteroatoms. The minimum Gasteiger partial charge on any atom is -0.475 e. The third-order valence-corrected chi connectivity index (χ3v) is 4.24. The van der Waals surface area contributed by atoms with Crippen molar-refractivity contribution < 1.29 is 9.90 Å². The lowest BCUT2D eigenvalue weighted by Gasteiger charge is -2.07. The normalized spacial score (nSPS) is 10.7. The third-order valence-electron chi connectivity index (χ3n) is 3.30. The van der Waals surface area contributed by atoms with Gasteiger partial charge in [0.25, 0.3) is 5.82 Å². The van der Waals surface area contributed by atoms with Gasteiger partial charge in [-0.25, -0.2) is 14.5 Å². The highest BCUT2D eigenvalue weighted by atomic mass is 79.9. The van der Waals surface area contributed by atoms with E-state index in [0.29, 0.717) is 16.5 Å². The number of carbonyl (C=O) groups is 1. The van der Waals surface area contributed by atoms with Crippen LogP contribution in [0.3, 0.4) is 0 Å². The summed E-state index contributed by atoms with van der Waals surface area (Å²) < 4.78 is 2.40. The van der Waals surface area contributed by atoms with Crippen LogP contribution in [0.5, 0.6) is 0 Å². The maximum absolute atomic E-state index is 11.2. The van der Waals surface area contributed by atoms with Crippen LogP contribution in [0.15, 0.2) is 46.9 Å². The molecule has 1 aromatic heterocycles. The molecule has 5 nitrogen and oxygen atoms in total. The zero-order chi connectivity index (χ0) is 16.6. The second-order valence-corrected chi connectivity index (χ2v) is 6.24. The first-order valence-electron chi connectivity index (χ1n) is 6.68. The molecule has 0 bridgehead atoms. The Morgan fingerprint density at radius 3 is 2.52 bits per heavy atom. The van der Waals surface area contributed by atoms with E-state index < -0.39 is 5.97 Å². The molecule has 1 N–H and O–H groups in total. The Kier molecular flexibility index (Phi) is 4.19. The summed E-state index contributed by atoms with van der Waals surface area (Å²) in [5, 5.41) is 13.9. The first-order valence-corrected chi connectivity index (χ1v) is 7.85. The van der Waals surface area contributed by atoms with E-state index in [-0.39, 0.29) is 5.82 Å². The summed E-state index contributed by atoms with van der Waals surface area (Å²) in [6, 6.07) is 12.8. The fourth-order valence-electron chi connectivity index (χ4n) is 2.08. The minimum absolute atomic E-state index is 0.264. The number of rotatable bonds is 3. The topological polar surface area (TPSA) is 68.0 Å². The lowest BCUT2D eigenvalue weighted by Crippen LogP contribution is -2.02. The van der Waals surface area contributed by atoms with Gasteiger partial charge in [0.05, 0.1) is 5.69 Å². The SMILES string of the molecule is Cc1ccc(-n2nc(C(=O)O)nc2-c2ccc(Br)cc2)cc1Cl. The van der Waals surface area contributed by atoms with Gasteiger partial charge in [-0.2, -0.15) is 0 Å². The van der Waals surface area contributed by atoms with E-state index in [4.69, 9.17) is 11.6 Å². The Morgan fingerprint density at radius 2 is 1.91 bits per heavy atom. The van der Waals surface area contributed by atoms with E-state index in [2.05, 4.69) is 26.0 Å². The summed E-state index contributed by atoms with van der Waals surface area (Å²) in [6.45, 7) is 1.89. The van der Waals surface area contributed by atoms with Crippen LogP contribution in [0.4, 0.5) is 0 Å². The predicted molar refractivity (Wildman–Crippen MR) is 91.2 cm³/mol. The maximum atomic E-state index is 11.2. The van der Waals surface area contributed by atoms with Crippen LogP contribution >= 0.6 is 27.5 Å². The molecule has 116 valence electrons. The lowest BCUT2D eigenvalue weighted by molar-refractivity contribution is 0.0683. The number of carboxylic acids is 1. The highest BCUT2D eigenvalue weighted by molar-refractivity contribution is 9.10. The molecule has 0 atom stereocenters. The molecule has 0 unspecified atom stereocenters. The van der Waals surface area contributed by atoms with E-state index >= 15 is 0 Å². The summed E-state index contributed by atoms with van der Waals surface area (Å²) in [4.78, 5) is 15.4. The van der Waals surface area contributed by atoms with Crippen molar-refractivity contribution in [2.24, 2.45) is 0 Å². The molecule has 0 aliphatic heterocycles. The Hall–Kier alpha value is -2.18. The minimum atomic E-state index is -1.18. The number of aryl methyl sites for hydroxylation is 1. The first-order chi connectivity index (χ1) is 11.0. The van der Waals surface area contributed by atoms with Crippen LogP contribution < -0.4 is 0 Å². The second kappa shape index (κ2) is 6.14. The quantitative estimate of drug-likeness (QED) is 0.719. The van der Waals surface area contributed by atoms with Gasteiger partial charge in [-0.3, -0.25) is 0 Å². The van der Waals surface area contributed by atoms with Gasteiger partial charge in [0.1, 0.15) is 0 Å². The molecule has 0 radical (unpaired) electrons. The molecule has 3 rings (SSSR count). The number of hydrogen-bond acceptors (Lipinski definition) is 3. The van der Waals surface area contributed by atoms with Crippen molar-refractivity contribution in [1.82, 2.24) is 14.8 Å². The Morgan fingerprint density at radius 1 is 1.22 bits per heavy atom. The molecule has 0 fully saturated rings. The Labute approximate surface area is 145 Å². The lowest BCUT2D eigenvalue weighted by atomic mass is 10.2. The van der Waals surface area contributed by atoms with Gasteiger partial charge >= 0.3 is 5.97 Å². The molecule has 0 saturated carbocycles. The van der Waals surface area contributed by atoms with Gasteiger partial charge in [-0.1, -0.05) is 45.7 Å². The fraction of sp³-hybridized carbons (Fsp3) is 0.0625. The fourth-order valence-corrected chi connectivity index (χ4v) is 2.52. The standard InChI is InChI=1S/C16H11BrClN3O2/c1-9-2-7-12(8-13(9)18)21-15(19-14(20-21)16(22)23)10-3-5-11(17)6-4-10/h2-8H,1H3,(H,22,23). The van der Waals surface area contributed by atoms with Gasteiger partial charge in [-0.05, 0) is 36.8 Å². The van der Waals surface area contributed by atoms with Crippen molar-refractivity contribution in [3.05, 3.63) is 63.3 Å². The van der Waals surface area contributed by atoms with Crippen LogP contribution in [0.1, 0.15) is 16.2 Å². The summed E-state index contributed by atoms with van der Waals surface area (Å²) in [5.74, 6) is -1.00. The molecule has 2 aromatic carbocycles. The molecular formula is C16H11BrClN3O2. The van der Waals surface area contributed by atoms with E-state index in [0.717, 1.165) is 15.6 Å². The van der Waals surface area contributed by atoms with Crippen molar-refractivity contribution in [2.75, 3.05) is 0 Å². The maximum Gasteiger partial charge on any atom is 0.375 e. The molecule has 0 aliphatic carbocycles. The monoisotopic (exact) mass is 391 g/mol. The second-order valence-electron chi connectivity index (χ2n) is 4.92. The average molecular weight is 393 g/mol. The van der Waals surface area contributed by atoms with Crippen LogP contribution in [0, 0.1) is 6.92 Å². The number of nitrogens with zero attached hydrogens (tertiary/aromatic N) is 3. The molecule has 0 aliphatic rings. The molecule has 3 aromatic rings. The number of aromatic carboxylic acids is 1. The van der Waals surface area contributed by atoms with Crippen LogP contribution in [0.25, 0.3) is 17.1 Å². The van der Waals surface area contributed by atoms with Gasteiger partial charge in [0.15, 0.2) is 5.82 Å². The average Bonchev–Trinajstić information content (AvgIpc) is 2.96. The molecule has 0 saturated heterocycles. The number of aromatic nitrogens is 3. The molecular weight excluding hydrogens is 382 g/mol. The van der Waals surface area contributed by atoms with E-state index in [1.54, 1.807) is 6.07 Å². The first kappa shape index (κ1) is 15.7. The highest BCUT2D eigenvalue weighted by Gasteiger charge is 2.18. The highest BCUT2D eigenvalue weighted by Crippen LogP contribution is 2.25. The van der Waals surface area contributed by atoms with Gasteiger partial charge in [0, 0.05) is 15.1 Å². The number of hydrogen-bond donors (Lipinski definition) is 1. The smallest absolute Gasteiger partial charge is 0.375 e. The zero-order valence-electron chi connectivity index (χ0n) is 12.0. The van der Waals surface area contributed by atoms with Crippen molar-refractivity contribution in [1.29, 1.82) is 0 Å². The van der Waals surface area contributed by atoms with Crippen LogP contribution in [-0.2, 0) is 0 Å². The number of carboxylic acid groups (broad SMARTS) is 1. The van der Waals surface area contributed by atoms with Gasteiger partial charge < -0.3 is 5.11 Å². The van der Waals surface area contributed by atoms with E-state index in [1.807, 2.05) is 43.3 Å². The van der Waals surface area contributed by atoms with E-state index in [1.165, 1.54) is 4.68 Å². The van der Waals surface area contributed by atoms with Crippen molar-refractivity contribution >= 4 is 33.5 Å². The summed E-state index contributed by atoms with van der Waals surface area (Å²) >= 11 is 9.54. The predicted octanol–water partition coefficient (Wildman–Crippen LogP) is 4.36. The molecule has 23 heavy (non-hydrogen) atoms. The third kappa shape index (κ3) is 3.13. The van der Waals surface area contributed by atoms with Crippen molar-refractivity contribution in [3.63, 3.8) is 0 Å². The molecule has 1 heterocycles. The summed E-state index contributed by atoms with van der Waals surface area (Å²) in [6.07, 6.45) is 0. The van der Waals surface area contributed by atoms with Gasteiger partial charge in [-0.15, -0.1) is 5.10 Å². The Balaban J connectivity index is 2.20. The van der Waals surface area contributed by atoms with Crippen molar-refractivity contribution in [3.8, 4) is 17.1 Å². The zero-order valence-corrected chi connectivity index (χ0v) is 14.3. The molecule has 0 amide bonds. The van der Waals surface area contributed by atoms with Crippen LogP contribution in [0.2, 0.25) is 5.02 Å². The molecule has 0 spiro atoms. The Bertz CT molecular complexity index is 891. The van der Waals surface area contributed by atoms with E-state index in [9.17, 15) is 9.90 Å². The summed E-state index contributed by atoms with van der Waals surface area (Å²) in [7, 11) is 0. The van der Waals surface area contributed by atoms with Crippen LogP contribution in [-0.4, -0.2) is 25.8 Å². The summed E-state index contributed by atoms with van der Waals surface area (Å²) in [5.41, 5.74) is 2.34. The van der Waals surface area contributed by atoms with Gasteiger partial charge in [0.2, 0.25) is 0 Å². The largest absolute Gasteiger partial charge is 0.475 e. The number of benzene rings is 2.